The van der Waals surface area contributed by atoms with Crippen molar-refractivity contribution in [1.29, 1.82) is 0 Å². The fraction of sp³-hybridized carbons (Fsp3) is 0.167. The summed E-state index contributed by atoms with van der Waals surface area (Å²) in [6.45, 7) is 4.35. The second-order valence-electron chi connectivity index (χ2n) is 5.67. The summed E-state index contributed by atoms with van der Waals surface area (Å²) in [7, 11) is 0. The van der Waals surface area contributed by atoms with Gasteiger partial charge < -0.3 is 10.6 Å². The minimum atomic E-state index is 0.448. The number of rotatable bonds is 5. The zero-order valence-electron chi connectivity index (χ0n) is 13.5. The van der Waals surface area contributed by atoms with E-state index in [9.17, 15) is 0 Å². The fourth-order valence-electron chi connectivity index (χ4n) is 2.20. The number of aromatic nitrogens is 3. The summed E-state index contributed by atoms with van der Waals surface area (Å²) in [5, 5.41) is 14.4. The molecule has 1 heterocycles. The molecule has 0 saturated carbocycles. The van der Waals surface area contributed by atoms with Crippen molar-refractivity contribution in [3.63, 3.8) is 0 Å². The van der Waals surface area contributed by atoms with Crippen molar-refractivity contribution in [2.75, 3.05) is 10.6 Å². The maximum Gasteiger partial charge on any atom is 0.249 e. The van der Waals surface area contributed by atoms with Gasteiger partial charge in [0.05, 0.1) is 11.9 Å². The predicted octanol–water partition coefficient (Wildman–Crippen LogP) is 5.24. The monoisotopic (exact) mass is 383 g/mol. The van der Waals surface area contributed by atoms with E-state index in [1.54, 1.807) is 6.20 Å². The highest BCUT2D eigenvalue weighted by atomic mass is 79.9. The van der Waals surface area contributed by atoms with Crippen LogP contribution in [0.3, 0.4) is 0 Å². The minimum absolute atomic E-state index is 0.448. The first-order valence-electron chi connectivity index (χ1n) is 7.70. The van der Waals surface area contributed by atoms with Crippen LogP contribution >= 0.6 is 15.9 Å². The highest BCUT2D eigenvalue weighted by Gasteiger charge is 2.05. The zero-order valence-corrected chi connectivity index (χ0v) is 15.1. The van der Waals surface area contributed by atoms with Crippen molar-refractivity contribution < 1.29 is 0 Å². The van der Waals surface area contributed by atoms with Crippen LogP contribution in [0.2, 0.25) is 0 Å². The van der Waals surface area contributed by atoms with Gasteiger partial charge in [-0.2, -0.15) is 10.1 Å². The number of anilines is 4. The topological polar surface area (TPSA) is 62.7 Å². The molecule has 2 aromatic carbocycles. The average Bonchev–Trinajstić information content (AvgIpc) is 2.58. The molecule has 0 amide bonds. The Balaban J connectivity index is 1.74. The second kappa shape index (κ2) is 7.40. The molecule has 2 N–H and O–H groups in total. The molecule has 24 heavy (non-hydrogen) atoms. The third-order valence-electron chi connectivity index (χ3n) is 3.53. The van der Waals surface area contributed by atoms with Crippen LogP contribution in [0.25, 0.3) is 0 Å². The van der Waals surface area contributed by atoms with Crippen molar-refractivity contribution in [2.24, 2.45) is 0 Å². The largest absolute Gasteiger partial charge is 0.338 e. The quantitative estimate of drug-likeness (QED) is 0.630. The number of nitrogens with one attached hydrogen (secondary N) is 2. The van der Waals surface area contributed by atoms with Gasteiger partial charge >= 0.3 is 0 Å². The molecule has 5 nitrogen and oxygen atoms in total. The summed E-state index contributed by atoms with van der Waals surface area (Å²) in [6.07, 6.45) is 1.59. The standard InChI is InChI=1S/C18H18BrN5/c1-12(2)13-7-9-14(10-8-13)21-18-23-17(11-20-24-18)22-16-6-4-3-5-15(16)19/h3-12H,1-2H3,(H2,21,22,23,24). The van der Waals surface area contributed by atoms with Crippen molar-refractivity contribution in [3.05, 3.63) is 64.8 Å². The molecule has 6 heteroatoms. The van der Waals surface area contributed by atoms with Crippen LogP contribution in [-0.2, 0) is 0 Å². The molecule has 0 aliphatic heterocycles. The van der Waals surface area contributed by atoms with Gasteiger partial charge in [-0.3, -0.25) is 0 Å². The number of para-hydroxylation sites is 1. The third-order valence-corrected chi connectivity index (χ3v) is 4.22. The Hall–Kier alpha value is -2.47. The highest BCUT2D eigenvalue weighted by molar-refractivity contribution is 9.10. The molecule has 0 radical (unpaired) electrons. The molecular weight excluding hydrogens is 366 g/mol. The van der Waals surface area contributed by atoms with E-state index in [1.807, 2.05) is 36.4 Å². The predicted molar refractivity (Wildman–Crippen MR) is 101 cm³/mol. The minimum Gasteiger partial charge on any atom is -0.338 e. The number of benzene rings is 2. The summed E-state index contributed by atoms with van der Waals surface area (Å²) >= 11 is 3.50. The molecule has 0 spiro atoms. The van der Waals surface area contributed by atoms with Gasteiger partial charge in [0.1, 0.15) is 0 Å². The van der Waals surface area contributed by atoms with E-state index in [4.69, 9.17) is 0 Å². The van der Waals surface area contributed by atoms with Crippen LogP contribution in [0, 0.1) is 0 Å². The van der Waals surface area contributed by atoms with Gasteiger partial charge in [-0.15, -0.1) is 5.10 Å². The Labute approximate surface area is 149 Å². The molecule has 3 rings (SSSR count). The SMILES string of the molecule is CC(C)c1ccc(Nc2nncc(Nc3ccccc3Br)n2)cc1. The third kappa shape index (κ3) is 4.08. The molecular formula is C18H18BrN5. The molecule has 0 fully saturated rings. The highest BCUT2D eigenvalue weighted by Crippen LogP contribution is 2.25. The summed E-state index contributed by atoms with van der Waals surface area (Å²) in [5.74, 6) is 1.58. The first-order valence-corrected chi connectivity index (χ1v) is 8.49. The molecule has 0 atom stereocenters. The number of nitrogens with zero attached hydrogens (tertiary/aromatic N) is 3. The van der Waals surface area contributed by atoms with E-state index in [2.05, 4.69) is 67.7 Å². The van der Waals surface area contributed by atoms with Gasteiger partial charge in [-0.1, -0.05) is 38.1 Å². The van der Waals surface area contributed by atoms with Crippen molar-refractivity contribution in [2.45, 2.75) is 19.8 Å². The molecule has 0 aliphatic carbocycles. The van der Waals surface area contributed by atoms with Crippen LogP contribution in [-0.4, -0.2) is 15.2 Å². The van der Waals surface area contributed by atoms with Gasteiger partial charge in [0.2, 0.25) is 5.95 Å². The normalized spacial score (nSPS) is 10.7. The average molecular weight is 384 g/mol. The molecule has 0 unspecified atom stereocenters. The Bertz CT molecular complexity index is 818. The van der Waals surface area contributed by atoms with E-state index in [0.717, 1.165) is 15.8 Å². The van der Waals surface area contributed by atoms with Gasteiger partial charge in [0, 0.05) is 10.2 Å². The molecule has 1 aromatic heterocycles. The first-order chi connectivity index (χ1) is 11.6. The van der Waals surface area contributed by atoms with E-state index < -0.39 is 0 Å². The van der Waals surface area contributed by atoms with Crippen LogP contribution in [0.4, 0.5) is 23.1 Å². The summed E-state index contributed by atoms with van der Waals surface area (Å²) < 4.78 is 0.961. The lowest BCUT2D eigenvalue weighted by molar-refractivity contribution is 0.867. The Morgan fingerprint density at radius 2 is 1.71 bits per heavy atom. The van der Waals surface area contributed by atoms with Crippen LogP contribution in [0.5, 0.6) is 0 Å². The molecule has 0 saturated heterocycles. The van der Waals surface area contributed by atoms with Crippen molar-refractivity contribution in [1.82, 2.24) is 15.2 Å². The second-order valence-corrected chi connectivity index (χ2v) is 6.53. The van der Waals surface area contributed by atoms with Crippen molar-refractivity contribution >= 4 is 39.1 Å². The zero-order chi connectivity index (χ0) is 16.9. The maximum atomic E-state index is 4.45. The van der Waals surface area contributed by atoms with Crippen LogP contribution in [0.1, 0.15) is 25.3 Å². The van der Waals surface area contributed by atoms with Gasteiger partial charge in [0.15, 0.2) is 5.82 Å². The molecule has 122 valence electrons. The van der Waals surface area contributed by atoms with Crippen LogP contribution < -0.4 is 10.6 Å². The Kier molecular flexibility index (Phi) is 5.05. The summed E-state index contributed by atoms with van der Waals surface area (Å²) in [4.78, 5) is 4.45. The molecule has 0 aliphatic rings. The Morgan fingerprint density at radius 1 is 0.958 bits per heavy atom. The first kappa shape index (κ1) is 16.4. The van der Waals surface area contributed by atoms with E-state index in [-0.39, 0.29) is 0 Å². The van der Waals surface area contributed by atoms with Crippen molar-refractivity contribution in [3.8, 4) is 0 Å². The fourth-order valence-corrected chi connectivity index (χ4v) is 2.58. The molecule has 0 bridgehead atoms. The van der Waals surface area contributed by atoms with E-state index in [1.165, 1.54) is 5.56 Å². The van der Waals surface area contributed by atoms with Crippen LogP contribution in [0.15, 0.2) is 59.2 Å². The van der Waals surface area contributed by atoms with Gasteiger partial charge in [-0.25, -0.2) is 0 Å². The van der Waals surface area contributed by atoms with E-state index >= 15 is 0 Å². The molecule has 3 aromatic rings. The lowest BCUT2D eigenvalue weighted by Crippen LogP contribution is -2.02. The van der Waals surface area contributed by atoms with Gasteiger partial charge in [-0.05, 0) is 51.7 Å². The number of hydrogen-bond donors (Lipinski definition) is 2. The lowest BCUT2D eigenvalue weighted by Gasteiger charge is -2.10. The van der Waals surface area contributed by atoms with Gasteiger partial charge in [0.25, 0.3) is 0 Å². The number of hydrogen-bond acceptors (Lipinski definition) is 5. The lowest BCUT2D eigenvalue weighted by atomic mass is 10.0. The summed E-state index contributed by atoms with van der Waals surface area (Å²) in [5.41, 5.74) is 3.15. The smallest absolute Gasteiger partial charge is 0.249 e. The van der Waals surface area contributed by atoms with E-state index in [0.29, 0.717) is 17.7 Å². The maximum absolute atomic E-state index is 4.45. The number of halogens is 1. The Morgan fingerprint density at radius 3 is 2.42 bits per heavy atom. The summed E-state index contributed by atoms with van der Waals surface area (Å²) in [6, 6.07) is 16.1.